The average Bonchev–Trinajstić information content (AvgIpc) is 2.95. The maximum absolute atomic E-state index is 4.43. The first-order valence-corrected chi connectivity index (χ1v) is 8.88. The third kappa shape index (κ3) is 4.61. The number of nitrogens with one attached hydrogen (secondary N) is 1. The van der Waals surface area contributed by atoms with Crippen molar-refractivity contribution in [2.75, 3.05) is 26.7 Å². The van der Waals surface area contributed by atoms with E-state index in [-0.39, 0.29) is 0 Å². The molecule has 1 fully saturated rings. The van der Waals surface area contributed by atoms with Crippen molar-refractivity contribution >= 4 is 0 Å². The number of hydrogen-bond acceptors (Lipinski definition) is 5. The summed E-state index contributed by atoms with van der Waals surface area (Å²) in [4.78, 5) is 6.66. The fraction of sp³-hybridized carbons (Fsp3) is 0.611. The Kier molecular flexibility index (Phi) is 5.93. The SMILES string of the molecule is CN(CCc1ccccn1)Cc1nnc(CC2CCNCC2)n1C. The van der Waals surface area contributed by atoms with Crippen LogP contribution in [0.4, 0.5) is 0 Å². The van der Waals surface area contributed by atoms with Gasteiger partial charge in [-0.25, -0.2) is 0 Å². The molecule has 0 aliphatic carbocycles. The quantitative estimate of drug-likeness (QED) is 0.833. The van der Waals surface area contributed by atoms with Gasteiger partial charge in [-0.3, -0.25) is 9.88 Å². The molecular formula is C18H28N6. The van der Waals surface area contributed by atoms with Gasteiger partial charge in [-0.2, -0.15) is 0 Å². The fourth-order valence-corrected chi connectivity index (χ4v) is 3.23. The molecule has 1 saturated heterocycles. The summed E-state index contributed by atoms with van der Waals surface area (Å²) in [6, 6.07) is 6.07. The number of likely N-dealkylation sites (N-methyl/N-ethyl adjacent to an activating group) is 1. The molecule has 24 heavy (non-hydrogen) atoms. The first-order valence-electron chi connectivity index (χ1n) is 8.88. The predicted octanol–water partition coefficient (Wildman–Crippen LogP) is 1.43. The van der Waals surface area contributed by atoms with Crippen molar-refractivity contribution in [3.8, 4) is 0 Å². The molecule has 3 rings (SSSR count). The van der Waals surface area contributed by atoms with E-state index in [9.17, 15) is 0 Å². The number of hydrogen-bond donors (Lipinski definition) is 1. The van der Waals surface area contributed by atoms with Crippen molar-refractivity contribution in [3.05, 3.63) is 41.7 Å². The van der Waals surface area contributed by atoms with Crippen molar-refractivity contribution in [3.63, 3.8) is 0 Å². The number of rotatable bonds is 7. The number of nitrogens with zero attached hydrogens (tertiary/aromatic N) is 5. The van der Waals surface area contributed by atoms with Gasteiger partial charge >= 0.3 is 0 Å². The molecule has 1 aliphatic heterocycles. The van der Waals surface area contributed by atoms with Crippen LogP contribution in [-0.4, -0.2) is 51.3 Å². The first kappa shape index (κ1) is 17.0. The van der Waals surface area contributed by atoms with E-state index >= 15 is 0 Å². The standard InChI is InChI=1S/C18H28N6/c1-23(12-8-16-5-3-4-9-20-16)14-18-22-21-17(24(18)2)13-15-6-10-19-11-7-15/h3-5,9,15,19H,6-8,10-14H2,1-2H3. The molecule has 130 valence electrons. The lowest BCUT2D eigenvalue weighted by Gasteiger charge is -2.22. The van der Waals surface area contributed by atoms with Crippen LogP contribution in [0.1, 0.15) is 30.2 Å². The van der Waals surface area contributed by atoms with Crippen LogP contribution in [-0.2, 0) is 26.4 Å². The van der Waals surface area contributed by atoms with Gasteiger partial charge in [0.25, 0.3) is 0 Å². The molecule has 1 aliphatic rings. The summed E-state index contributed by atoms with van der Waals surface area (Å²) in [5.41, 5.74) is 1.13. The van der Waals surface area contributed by atoms with Gasteiger partial charge in [-0.1, -0.05) is 6.07 Å². The zero-order valence-corrected chi connectivity index (χ0v) is 14.8. The number of piperidine rings is 1. The summed E-state index contributed by atoms with van der Waals surface area (Å²) in [5, 5.41) is 12.3. The lowest BCUT2D eigenvalue weighted by atomic mass is 9.94. The second-order valence-corrected chi connectivity index (χ2v) is 6.80. The molecule has 6 nitrogen and oxygen atoms in total. The lowest BCUT2D eigenvalue weighted by molar-refractivity contribution is 0.316. The van der Waals surface area contributed by atoms with Gasteiger partial charge in [0.1, 0.15) is 11.6 Å². The van der Waals surface area contributed by atoms with E-state index in [4.69, 9.17) is 0 Å². The van der Waals surface area contributed by atoms with Gasteiger partial charge in [0.05, 0.1) is 6.54 Å². The monoisotopic (exact) mass is 328 g/mol. The third-order valence-corrected chi connectivity index (χ3v) is 4.87. The molecule has 2 aromatic rings. The molecule has 1 N–H and O–H groups in total. The second kappa shape index (κ2) is 8.35. The van der Waals surface area contributed by atoms with Gasteiger partial charge in [-0.05, 0) is 51.0 Å². The van der Waals surface area contributed by atoms with Crippen molar-refractivity contribution < 1.29 is 0 Å². The number of aromatic nitrogens is 4. The van der Waals surface area contributed by atoms with Gasteiger partial charge < -0.3 is 9.88 Å². The summed E-state index contributed by atoms with van der Waals surface area (Å²) in [6.07, 6.45) is 6.34. The van der Waals surface area contributed by atoms with Crippen molar-refractivity contribution in [1.82, 2.24) is 30.0 Å². The Hall–Kier alpha value is -1.79. The zero-order chi connectivity index (χ0) is 16.8. The summed E-state index contributed by atoms with van der Waals surface area (Å²) in [7, 11) is 4.22. The van der Waals surface area contributed by atoms with Crippen molar-refractivity contribution in [2.45, 2.75) is 32.2 Å². The Morgan fingerprint density at radius 2 is 2.00 bits per heavy atom. The largest absolute Gasteiger partial charge is 0.317 e. The van der Waals surface area contributed by atoms with E-state index in [1.165, 1.54) is 12.8 Å². The minimum Gasteiger partial charge on any atom is -0.317 e. The molecule has 0 saturated carbocycles. The Balaban J connectivity index is 1.51. The maximum atomic E-state index is 4.43. The molecule has 0 bridgehead atoms. The lowest BCUT2D eigenvalue weighted by Crippen LogP contribution is -2.29. The molecule has 0 aromatic carbocycles. The normalized spacial score (nSPS) is 16.0. The number of pyridine rings is 1. The summed E-state index contributed by atoms with van der Waals surface area (Å²) >= 11 is 0. The molecule has 3 heterocycles. The van der Waals surface area contributed by atoms with Crippen LogP contribution in [0.3, 0.4) is 0 Å². The van der Waals surface area contributed by atoms with Crippen LogP contribution < -0.4 is 5.32 Å². The molecule has 0 amide bonds. The Labute approximate surface area is 144 Å². The smallest absolute Gasteiger partial charge is 0.146 e. The van der Waals surface area contributed by atoms with Crippen LogP contribution in [0.5, 0.6) is 0 Å². The van der Waals surface area contributed by atoms with Crippen LogP contribution in [0.25, 0.3) is 0 Å². The van der Waals surface area contributed by atoms with E-state index in [0.717, 1.165) is 62.3 Å². The van der Waals surface area contributed by atoms with E-state index in [2.05, 4.69) is 50.1 Å². The Morgan fingerprint density at radius 1 is 1.21 bits per heavy atom. The van der Waals surface area contributed by atoms with Crippen molar-refractivity contribution in [2.24, 2.45) is 13.0 Å². The van der Waals surface area contributed by atoms with Crippen LogP contribution >= 0.6 is 0 Å². The van der Waals surface area contributed by atoms with Crippen LogP contribution in [0, 0.1) is 5.92 Å². The highest BCUT2D eigenvalue weighted by Crippen LogP contribution is 2.17. The van der Waals surface area contributed by atoms with E-state index in [1.54, 1.807) is 0 Å². The van der Waals surface area contributed by atoms with Gasteiger partial charge in [0.2, 0.25) is 0 Å². The van der Waals surface area contributed by atoms with Crippen LogP contribution in [0.2, 0.25) is 0 Å². The molecule has 2 aromatic heterocycles. The molecule has 0 atom stereocenters. The molecule has 6 heteroatoms. The first-order chi connectivity index (χ1) is 11.7. The summed E-state index contributed by atoms with van der Waals surface area (Å²) in [5.74, 6) is 2.90. The topological polar surface area (TPSA) is 58.9 Å². The maximum Gasteiger partial charge on any atom is 0.146 e. The predicted molar refractivity (Wildman–Crippen MR) is 94.6 cm³/mol. The second-order valence-electron chi connectivity index (χ2n) is 6.80. The molecule has 0 unspecified atom stereocenters. The highest BCUT2D eigenvalue weighted by atomic mass is 15.3. The van der Waals surface area contributed by atoms with Gasteiger partial charge in [0.15, 0.2) is 0 Å². The fourth-order valence-electron chi connectivity index (χ4n) is 3.23. The Morgan fingerprint density at radius 3 is 2.75 bits per heavy atom. The van der Waals surface area contributed by atoms with Crippen molar-refractivity contribution in [1.29, 1.82) is 0 Å². The Bertz CT molecular complexity index is 618. The summed E-state index contributed by atoms with van der Waals surface area (Å²) in [6.45, 7) is 4.05. The van der Waals surface area contributed by atoms with Gasteiger partial charge in [0, 0.05) is 38.3 Å². The minimum absolute atomic E-state index is 0.740. The van der Waals surface area contributed by atoms with Gasteiger partial charge in [-0.15, -0.1) is 10.2 Å². The molecule has 0 spiro atoms. The highest BCUT2D eigenvalue weighted by Gasteiger charge is 2.18. The average molecular weight is 328 g/mol. The highest BCUT2D eigenvalue weighted by molar-refractivity contribution is 5.04. The van der Waals surface area contributed by atoms with Crippen LogP contribution in [0.15, 0.2) is 24.4 Å². The zero-order valence-electron chi connectivity index (χ0n) is 14.8. The minimum atomic E-state index is 0.740. The van der Waals surface area contributed by atoms with E-state index in [0.29, 0.717) is 0 Å². The van der Waals surface area contributed by atoms with E-state index < -0.39 is 0 Å². The third-order valence-electron chi connectivity index (χ3n) is 4.87. The molecule has 0 radical (unpaired) electrons. The molecular weight excluding hydrogens is 300 g/mol. The summed E-state index contributed by atoms with van der Waals surface area (Å²) < 4.78 is 2.18. The van der Waals surface area contributed by atoms with E-state index in [1.807, 2.05) is 18.3 Å².